The number of carbonyl (C=O) groups is 1. The number of rotatable bonds is 3. The molecular weight excluding hydrogens is 216 g/mol. The Kier molecular flexibility index (Phi) is 3.36. The molecule has 0 saturated heterocycles. The molecule has 0 aliphatic heterocycles. The van der Waals surface area contributed by atoms with Gasteiger partial charge < -0.3 is 9.84 Å². The Bertz CT molecular complexity index is 408. The van der Waals surface area contributed by atoms with Gasteiger partial charge in [0.1, 0.15) is 5.75 Å². The largest absolute Gasteiger partial charge is 0.490 e. The van der Waals surface area contributed by atoms with Crippen LogP contribution in [-0.4, -0.2) is 17.2 Å². The van der Waals surface area contributed by atoms with Crippen LogP contribution in [0.2, 0.25) is 0 Å². The fourth-order valence-electron chi connectivity index (χ4n) is 2.43. The highest BCUT2D eigenvalue weighted by molar-refractivity contribution is 5.88. The minimum absolute atomic E-state index is 0.308. The van der Waals surface area contributed by atoms with E-state index >= 15 is 0 Å². The van der Waals surface area contributed by atoms with Gasteiger partial charge in [-0.1, -0.05) is 0 Å². The summed E-state index contributed by atoms with van der Waals surface area (Å²) in [7, 11) is 0. The summed E-state index contributed by atoms with van der Waals surface area (Å²) in [5, 5.41) is 8.97. The highest BCUT2D eigenvalue weighted by Gasteiger charge is 2.19. The molecule has 2 rings (SSSR count). The average Bonchev–Trinajstić information content (AvgIpc) is 2.75. The zero-order valence-corrected chi connectivity index (χ0v) is 10.3. The van der Waals surface area contributed by atoms with Crippen molar-refractivity contribution in [2.45, 2.75) is 45.6 Å². The highest BCUT2D eigenvalue weighted by Crippen LogP contribution is 2.30. The first-order chi connectivity index (χ1) is 8.08. The third-order valence-corrected chi connectivity index (χ3v) is 3.29. The van der Waals surface area contributed by atoms with Crippen molar-refractivity contribution in [2.24, 2.45) is 0 Å². The average molecular weight is 234 g/mol. The second kappa shape index (κ2) is 4.78. The number of aryl methyl sites for hydroxylation is 2. The van der Waals surface area contributed by atoms with E-state index < -0.39 is 5.97 Å². The molecule has 0 radical (unpaired) electrons. The molecule has 0 unspecified atom stereocenters. The van der Waals surface area contributed by atoms with Crippen molar-refractivity contribution in [2.75, 3.05) is 0 Å². The SMILES string of the molecule is Cc1cc(C(=O)O)cc(C)c1OC1CCCC1. The topological polar surface area (TPSA) is 46.5 Å². The zero-order chi connectivity index (χ0) is 12.4. The number of hydrogen-bond acceptors (Lipinski definition) is 2. The molecule has 0 heterocycles. The molecular formula is C14H18O3. The maximum absolute atomic E-state index is 10.9. The quantitative estimate of drug-likeness (QED) is 0.872. The van der Waals surface area contributed by atoms with Crippen LogP contribution in [0.3, 0.4) is 0 Å². The lowest BCUT2D eigenvalue weighted by molar-refractivity contribution is 0.0696. The van der Waals surface area contributed by atoms with Crippen molar-refractivity contribution in [3.63, 3.8) is 0 Å². The van der Waals surface area contributed by atoms with E-state index in [0.29, 0.717) is 11.7 Å². The van der Waals surface area contributed by atoms with Crippen LogP contribution in [0.4, 0.5) is 0 Å². The summed E-state index contributed by atoms with van der Waals surface area (Å²) in [6.07, 6.45) is 4.99. The molecule has 1 saturated carbocycles. The lowest BCUT2D eigenvalue weighted by Gasteiger charge is -2.17. The number of hydrogen-bond donors (Lipinski definition) is 1. The molecule has 3 nitrogen and oxygen atoms in total. The van der Waals surface area contributed by atoms with Crippen LogP contribution in [0.5, 0.6) is 5.75 Å². The van der Waals surface area contributed by atoms with Gasteiger partial charge in [0, 0.05) is 0 Å². The molecule has 0 aromatic heterocycles. The predicted molar refractivity (Wildman–Crippen MR) is 65.8 cm³/mol. The first-order valence-corrected chi connectivity index (χ1v) is 6.09. The molecule has 0 bridgehead atoms. The molecule has 1 aromatic rings. The van der Waals surface area contributed by atoms with Crippen LogP contribution in [0.25, 0.3) is 0 Å². The van der Waals surface area contributed by atoms with E-state index in [4.69, 9.17) is 9.84 Å². The molecule has 17 heavy (non-hydrogen) atoms. The zero-order valence-electron chi connectivity index (χ0n) is 10.3. The third kappa shape index (κ3) is 2.60. The number of carboxylic acids is 1. The van der Waals surface area contributed by atoms with Gasteiger partial charge in [0.15, 0.2) is 0 Å². The first kappa shape index (κ1) is 12.0. The number of benzene rings is 1. The van der Waals surface area contributed by atoms with Crippen molar-refractivity contribution < 1.29 is 14.6 Å². The van der Waals surface area contributed by atoms with Crippen molar-refractivity contribution >= 4 is 5.97 Å². The lowest BCUT2D eigenvalue weighted by atomic mass is 10.1. The van der Waals surface area contributed by atoms with Gasteiger partial charge in [-0.05, 0) is 62.8 Å². The normalized spacial score (nSPS) is 16.1. The van der Waals surface area contributed by atoms with Crippen molar-refractivity contribution in [1.29, 1.82) is 0 Å². The second-order valence-corrected chi connectivity index (χ2v) is 4.77. The van der Waals surface area contributed by atoms with Gasteiger partial charge >= 0.3 is 5.97 Å². The fraction of sp³-hybridized carbons (Fsp3) is 0.500. The van der Waals surface area contributed by atoms with Crippen LogP contribution >= 0.6 is 0 Å². The molecule has 3 heteroatoms. The summed E-state index contributed by atoms with van der Waals surface area (Å²) in [4.78, 5) is 10.9. The second-order valence-electron chi connectivity index (χ2n) is 4.77. The Morgan fingerprint density at radius 2 is 1.76 bits per heavy atom. The number of aromatic carboxylic acids is 1. The first-order valence-electron chi connectivity index (χ1n) is 6.09. The Hall–Kier alpha value is -1.51. The summed E-state index contributed by atoms with van der Waals surface area (Å²) in [6, 6.07) is 3.36. The van der Waals surface area contributed by atoms with Crippen LogP contribution in [0.1, 0.15) is 47.2 Å². The van der Waals surface area contributed by atoms with Gasteiger partial charge in [-0.3, -0.25) is 0 Å². The Morgan fingerprint density at radius 1 is 1.24 bits per heavy atom. The van der Waals surface area contributed by atoms with Gasteiger partial charge in [0.25, 0.3) is 0 Å². The van der Waals surface area contributed by atoms with E-state index in [9.17, 15) is 4.79 Å². The van der Waals surface area contributed by atoms with Gasteiger partial charge in [-0.2, -0.15) is 0 Å². The summed E-state index contributed by atoms with van der Waals surface area (Å²) < 4.78 is 5.98. The lowest BCUT2D eigenvalue weighted by Crippen LogP contribution is -2.13. The summed E-state index contributed by atoms with van der Waals surface area (Å²) in [5.41, 5.74) is 2.15. The maximum atomic E-state index is 10.9. The smallest absolute Gasteiger partial charge is 0.335 e. The molecule has 0 spiro atoms. The minimum atomic E-state index is -0.886. The molecule has 92 valence electrons. The standard InChI is InChI=1S/C14H18O3/c1-9-7-11(14(15)16)8-10(2)13(9)17-12-5-3-4-6-12/h7-8,12H,3-6H2,1-2H3,(H,15,16). The summed E-state index contributed by atoms with van der Waals surface area (Å²) in [6.45, 7) is 3.81. The molecule has 1 aliphatic rings. The summed E-state index contributed by atoms with van der Waals surface area (Å²) in [5.74, 6) is -0.0227. The number of carboxylic acid groups (broad SMARTS) is 1. The molecule has 1 N–H and O–H groups in total. The molecule has 1 aliphatic carbocycles. The van der Waals surface area contributed by atoms with Gasteiger partial charge in [-0.15, -0.1) is 0 Å². The van der Waals surface area contributed by atoms with Crippen molar-refractivity contribution in [3.8, 4) is 5.75 Å². The monoisotopic (exact) mass is 234 g/mol. The Balaban J connectivity index is 2.24. The van der Waals surface area contributed by atoms with E-state index in [0.717, 1.165) is 29.7 Å². The highest BCUT2D eigenvalue weighted by atomic mass is 16.5. The van der Waals surface area contributed by atoms with Crippen LogP contribution in [0.15, 0.2) is 12.1 Å². The van der Waals surface area contributed by atoms with Gasteiger partial charge in [0.05, 0.1) is 11.7 Å². The molecule has 0 atom stereocenters. The van der Waals surface area contributed by atoms with E-state index in [1.54, 1.807) is 12.1 Å². The minimum Gasteiger partial charge on any atom is -0.490 e. The Morgan fingerprint density at radius 3 is 2.24 bits per heavy atom. The number of ether oxygens (including phenoxy) is 1. The fourth-order valence-corrected chi connectivity index (χ4v) is 2.43. The van der Waals surface area contributed by atoms with Gasteiger partial charge in [-0.25, -0.2) is 4.79 Å². The van der Waals surface area contributed by atoms with Crippen molar-refractivity contribution in [1.82, 2.24) is 0 Å². The summed E-state index contributed by atoms with van der Waals surface area (Å²) >= 11 is 0. The van der Waals surface area contributed by atoms with E-state index in [1.165, 1.54) is 12.8 Å². The van der Waals surface area contributed by atoms with Crippen LogP contribution in [-0.2, 0) is 0 Å². The van der Waals surface area contributed by atoms with E-state index in [-0.39, 0.29) is 0 Å². The van der Waals surface area contributed by atoms with E-state index in [2.05, 4.69) is 0 Å². The van der Waals surface area contributed by atoms with Crippen LogP contribution in [0, 0.1) is 13.8 Å². The Labute approximate surface area is 101 Å². The van der Waals surface area contributed by atoms with Gasteiger partial charge in [0.2, 0.25) is 0 Å². The molecule has 0 amide bonds. The maximum Gasteiger partial charge on any atom is 0.335 e. The predicted octanol–water partition coefficient (Wildman–Crippen LogP) is 3.32. The van der Waals surface area contributed by atoms with Crippen molar-refractivity contribution in [3.05, 3.63) is 28.8 Å². The van der Waals surface area contributed by atoms with Crippen LogP contribution < -0.4 is 4.74 Å². The molecule has 1 aromatic carbocycles. The van der Waals surface area contributed by atoms with E-state index in [1.807, 2.05) is 13.8 Å². The third-order valence-electron chi connectivity index (χ3n) is 3.29. The molecule has 1 fully saturated rings.